The van der Waals surface area contributed by atoms with Crippen molar-refractivity contribution in [1.82, 2.24) is 4.98 Å². The zero-order valence-corrected chi connectivity index (χ0v) is 14.5. The van der Waals surface area contributed by atoms with Gasteiger partial charge in [0, 0.05) is 28.6 Å². The van der Waals surface area contributed by atoms with Crippen molar-refractivity contribution in [2.24, 2.45) is 7.05 Å². The maximum Gasteiger partial charge on any atom is 0.212 e. The van der Waals surface area contributed by atoms with Gasteiger partial charge in [-0.1, -0.05) is 13.8 Å². The van der Waals surface area contributed by atoms with Crippen LogP contribution < -0.4 is 4.57 Å². The van der Waals surface area contributed by atoms with E-state index in [0.29, 0.717) is 5.92 Å². The Labute approximate surface area is 141 Å². The molecular formula is C21H21N2O+. The van der Waals surface area contributed by atoms with Gasteiger partial charge in [0.15, 0.2) is 11.8 Å². The van der Waals surface area contributed by atoms with Crippen molar-refractivity contribution in [3.8, 4) is 11.3 Å². The Kier molecular flexibility index (Phi) is 3.38. The summed E-state index contributed by atoms with van der Waals surface area (Å²) >= 11 is 0. The first-order valence-electron chi connectivity index (χ1n) is 8.31. The molecule has 24 heavy (non-hydrogen) atoms. The third-order valence-corrected chi connectivity index (χ3v) is 4.72. The minimum atomic E-state index is 0.525. The summed E-state index contributed by atoms with van der Waals surface area (Å²) in [5.41, 5.74) is 6.73. The van der Waals surface area contributed by atoms with Gasteiger partial charge in [0.25, 0.3) is 0 Å². The number of aryl methyl sites for hydroxylation is 2. The Morgan fingerprint density at radius 1 is 1.04 bits per heavy atom. The molecule has 3 heterocycles. The van der Waals surface area contributed by atoms with Crippen LogP contribution in [0.3, 0.4) is 0 Å². The van der Waals surface area contributed by atoms with Crippen LogP contribution in [0.4, 0.5) is 0 Å². The molecule has 0 amide bonds. The second kappa shape index (κ2) is 5.45. The number of rotatable bonds is 2. The van der Waals surface area contributed by atoms with E-state index in [0.717, 1.165) is 21.9 Å². The molecule has 0 atom stereocenters. The van der Waals surface area contributed by atoms with Crippen LogP contribution >= 0.6 is 0 Å². The van der Waals surface area contributed by atoms with Gasteiger partial charge >= 0.3 is 0 Å². The molecule has 3 nitrogen and oxygen atoms in total. The SMILES string of the molecule is Cc1cc2c(cc1-c1ccc(C(C)C)c[n+]1C)oc1cnccc12. The fourth-order valence-electron chi connectivity index (χ4n) is 3.31. The van der Waals surface area contributed by atoms with Gasteiger partial charge in [0.2, 0.25) is 5.69 Å². The molecule has 0 radical (unpaired) electrons. The lowest BCUT2D eigenvalue weighted by molar-refractivity contribution is -0.660. The van der Waals surface area contributed by atoms with E-state index in [1.807, 2.05) is 12.3 Å². The monoisotopic (exact) mass is 317 g/mol. The summed E-state index contributed by atoms with van der Waals surface area (Å²) in [6.07, 6.45) is 5.80. The molecule has 4 rings (SSSR count). The van der Waals surface area contributed by atoms with Crippen LogP contribution in [0.2, 0.25) is 0 Å². The molecule has 3 aromatic heterocycles. The van der Waals surface area contributed by atoms with Gasteiger partial charge in [-0.2, -0.15) is 0 Å². The lowest BCUT2D eigenvalue weighted by Gasteiger charge is -2.08. The number of benzene rings is 1. The van der Waals surface area contributed by atoms with Crippen LogP contribution in [0, 0.1) is 6.92 Å². The molecule has 0 fully saturated rings. The highest BCUT2D eigenvalue weighted by molar-refractivity contribution is 6.05. The molecule has 0 spiro atoms. The Hall–Kier alpha value is -2.68. The third kappa shape index (κ3) is 2.28. The van der Waals surface area contributed by atoms with Crippen molar-refractivity contribution in [1.29, 1.82) is 0 Å². The molecule has 0 aliphatic rings. The minimum Gasteiger partial charge on any atom is -0.454 e. The highest BCUT2D eigenvalue weighted by atomic mass is 16.3. The lowest BCUT2D eigenvalue weighted by Crippen LogP contribution is -2.31. The quantitative estimate of drug-likeness (QED) is 0.492. The second-order valence-electron chi connectivity index (χ2n) is 6.75. The smallest absolute Gasteiger partial charge is 0.212 e. The van der Waals surface area contributed by atoms with E-state index in [1.165, 1.54) is 22.4 Å². The van der Waals surface area contributed by atoms with E-state index in [1.54, 1.807) is 6.20 Å². The Balaban J connectivity index is 1.94. The molecule has 0 saturated carbocycles. The Morgan fingerprint density at radius 2 is 1.88 bits per heavy atom. The molecule has 0 unspecified atom stereocenters. The molecule has 3 heteroatoms. The summed E-state index contributed by atoms with van der Waals surface area (Å²) in [5.74, 6) is 0.525. The predicted octanol–water partition coefficient (Wildman–Crippen LogP) is 4.90. The van der Waals surface area contributed by atoms with Gasteiger partial charge in [-0.25, -0.2) is 4.57 Å². The average molecular weight is 317 g/mol. The fraction of sp³-hybridized carbons (Fsp3) is 0.238. The maximum atomic E-state index is 6.00. The molecule has 0 N–H and O–H groups in total. The number of hydrogen-bond acceptors (Lipinski definition) is 2. The largest absolute Gasteiger partial charge is 0.454 e. The average Bonchev–Trinajstić information content (AvgIpc) is 2.92. The van der Waals surface area contributed by atoms with Gasteiger partial charge in [-0.15, -0.1) is 0 Å². The highest BCUT2D eigenvalue weighted by Crippen LogP contribution is 2.33. The zero-order valence-electron chi connectivity index (χ0n) is 14.5. The summed E-state index contributed by atoms with van der Waals surface area (Å²) < 4.78 is 8.20. The molecule has 1 aromatic carbocycles. The molecule has 0 aliphatic carbocycles. The number of aromatic nitrogens is 2. The first-order chi connectivity index (χ1) is 11.5. The van der Waals surface area contributed by atoms with E-state index in [4.69, 9.17) is 4.42 Å². The van der Waals surface area contributed by atoms with Crippen molar-refractivity contribution in [2.75, 3.05) is 0 Å². The normalized spacial score (nSPS) is 11.7. The standard InChI is InChI=1S/C21H21N2O/c1-13(2)15-5-6-19(23(4)12-15)17-10-20-18(9-14(17)3)16-7-8-22-11-21(16)24-20/h5-13H,1-4H3/q+1. The predicted molar refractivity (Wildman–Crippen MR) is 97.0 cm³/mol. The van der Waals surface area contributed by atoms with Gasteiger partial charge in [0.1, 0.15) is 12.6 Å². The first kappa shape index (κ1) is 14.9. The summed E-state index contributed by atoms with van der Waals surface area (Å²) in [6.45, 7) is 6.59. The zero-order chi connectivity index (χ0) is 16.8. The second-order valence-corrected chi connectivity index (χ2v) is 6.75. The highest BCUT2D eigenvalue weighted by Gasteiger charge is 2.17. The van der Waals surface area contributed by atoms with E-state index >= 15 is 0 Å². The topological polar surface area (TPSA) is 29.9 Å². The Bertz CT molecular complexity index is 1060. The van der Waals surface area contributed by atoms with E-state index in [-0.39, 0.29) is 0 Å². The number of pyridine rings is 2. The van der Waals surface area contributed by atoms with Gasteiger partial charge < -0.3 is 4.42 Å². The first-order valence-corrected chi connectivity index (χ1v) is 8.31. The van der Waals surface area contributed by atoms with Gasteiger partial charge in [0.05, 0.1) is 11.8 Å². The van der Waals surface area contributed by atoms with Crippen LogP contribution in [0.15, 0.2) is 53.3 Å². The van der Waals surface area contributed by atoms with Crippen LogP contribution in [0.1, 0.15) is 30.9 Å². The van der Waals surface area contributed by atoms with Crippen LogP contribution in [-0.4, -0.2) is 4.98 Å². The van der Waals surface area contributed by atoms with E-state index < -0.39 is 0 Å². The number of hydrogen-bond donors (Lipinski definition) is 0. The maximum absolute atomic E-state index is 6.00. The summed E-state index contributed by atoms with van der Waals surface area (Å²) in [7, 11) is 2.10. The van der Waals surface area contributed by atoms with Crippen LogP contribution in [0.5, 0.6) is 0 Å². The van der Waals surface area contributed by atoms with E-state index in [2.05, 4.69) is 67.8 Å². The number of fused-ring (bicyclic) bond motifs is 3. The molecule has 0 aliphatic heterocycles. The minimum absolute atomic E-state index is 0.525. The van der Waals surface area contributed by atoms with Gasteiger partial charge in [-0.3, -0.25) is 4.98 Å². The summed E-state index contributed by atoms with van der Waals surface area (Å²) in [4.78, 5) is 4.15. The van der Waals surface area contributed by atoms with Crippen LogP contribution in [-0.2, 0) is 7.05 Å². The number of nitrogens with zero attached hydrogens (tertiary/aromatic N) is 2. The number of furan rings is 1. The fourth-order valence-corrected chi connectivity index (χ4v) is 3.31. The van der Waals surface area contributed by atoms with Crippen molar-refractivity contribution >= 4 is 21.9 Å². The summed E-state index contributed by atoms with van der Waals surface area (Å²) in [5, 5.41) is 2.27. The summed E-state index contributed by atoms with van der Waals surface area (Å²) in [6, 6.07) is 10.8. The van der Waals surface area contributed by atoms with Crippen LogP contribution in [0.25, 0.3) is 33.2 Å². The van der Waals surface area contributed by atoms with Crippen molar-refractivity contribution in [3.05, 3.63) is 60.0 Å². The molecule has 120 valence electrons. The van der Waals surface area contributed by atoms with Gasteiger partial charge in [-0.05, 0) is 42.7 Å². The van der Waals surface area contributed by atoms with Crippen molar-refractivity contribution in [2.45, 2.75) is 26.7 Å². The molecule has 0 saturated heterocycles. The molecular weight excluding hydrogens is 296 g/mol. The van der Waals surface area contributed by atoms with E-state index in [9.17, 15) is 0 Å². The third-order valence-electron chi connectivity index (χ3n) is 4.72. The molecule has 4 aromatic rings. The Morgan fingerprint density at radius 3 is 2.62 bits per heavy atom. The van der Waals surface area contributed by atoms with Crippen molar-refractivity contribution < 1.29 is 8.98 Å². The van der Waals surface area contributed by atoms with Crippen molar-refractivity contribution in [3.63, 3.8) is 0 Å². The molecule has 0 bridgehead atoms. The lowest BCUT2D eigenvalue weighted by atomic mass is 9.99.